The average Bonchev–Trinajstić information content (AvgIpc) is 2.40. The van der Waals surface area contributed by atoms with Gasteiger partial charge in [0.15, 0.2) is 0 Å². The molecule has 0 aliphatic heterocycles. The first-order valence-electron chi connectivity index (χ1n) is 5.99. The molecule has 1 atom stereocenters. The second kappa shape index (κ2) is 5.10. The molecular weight excluding hydrogens is 242 g/mol. The van der Waals surface area contributed by atoms with Crippen molar-refractivity contribution in [1.29, 1.82) is 0 Å². The quantitative estimate of drug-likeness (QED) is 0.874. The van der Waals surface area contributed by atoms with Gasteiger partial charge in [0.1, 0.15) is 0 Å². The normalized spacial score (nSPS) is 21.6. The Balaban J connectivity index is 2.11. The van der Waals surface area contributed by atoms with Crippen molar-refractivity contribution in [3.63, 3.8) is 0 Å². The molecule has 1 amide bonds. The van der Waals surface area contributed by atoms with E-state index >= 15 is 0 Å². The van der Waals surface area contributed by atoms with E-state index in [-0.39, 0.29) is 12.3 Å². The van der Waals surface area contributed by atoms with Gasteiger partial charge in [-0.2, -0.15) is 0 Å². The minimum atomic E-state index is -1.02. The smallest absolute Gasteiger partial charge is 0.313 e. The third-order valence-corrected chi connectivity index (χ3v) is 3.13. The van der Waals surface area contributed by atoms with E-state index in [1.807, 2.05) is 18.2 Å². The highest BCUT2D eigenvalue weighted by atomic mass is 16.4. The predicted molar refractivity (Wildman–Crippen MR) is 72.7 cm³/mol. The standard InChI is InChI=1S/C15H15NO3/c1-15(14(18)19)9-5-6-11(10-15)13(17)16-12-7-3-2-4-8-12/h2-9H,10H2,1H3,(H,16,17)(H,18,19). The van der Waals surface area contributed by atoms with E-state index in [4.69, 9.17) is 0 Å². The van der Waals surface area contributed by atoms with Gasteiger partial charge in [0.05, 0.1) is 5.41 Å². The van der Waals surface area contributed by atoms with Gasteiger partial charge in [0.2, 0.25) is 0 Å². The van der Waals surface area contributed by atoms with Crippen molar-refractivity contribution < 1.29 is 14.7 Å². The molecule has 0 saturated heterocycles. The summed E-state index contributed by atoms with van der Waals surface area (Å²) < 4.78 is 0. The molecule has 0 heterocycles. The van der Waals surface area contributed by atoms with E-state index in [9.17, 15) is 14.7 Å². The Bertz CT molecular complexity index is 560. The first-order chi connectivity index (χ1) is 9.01. The first-order valence-corrected chi connectivity index (χ1v) is 5.99. The van der Waals surface area contributed by atoms with Gasteiger partial charge in [-0.3, -0.25) is 9.59 Å². The van der Waals surface area contributed by atoms with Crippen molar-refractivity contribution in [1.82, 2.24) is 0 Å². The van der Waals surface area contributed by atoms with Crippen LogP contribution in [0.4, 0.5) is 5.69 Å². The molecule has 4 nitrogen and oxygen atoms in total. The maximum absolute atomic E-state index is 12.1. The summed E-state index contributed by atoms with van der Waals surface area (Å²) in [6.07, 6.45) is 5.08. The average molecular weight is 257 g/mol. The molecule has 0 spiro atoms. The van der Waals surface area contributed by atoms with E-state index in [2.05, 4.69) is 5.32 Å². The molecule has 1 unspecified atom stereocenters. The molecule has 1 aliphatic carbocycles. The van der Waals surface area contributed by atoms with Crippen LogP contribution in [0.25, 0.3) is 0 Å². The van der Waals surface area contributed by atoms with Crippen LogP contribution < -0.4 is 5.32 Å². The molecule has 1 aromatic carbocycles. The lowest BCUT2D eigenvalue weighted by molar-refractivity contribution is -0.145. The molecule has 0 radical (unpaired) electrons. The first kappa shape index (κ1) is 13.1. The number of aliphatic carboxylic acids is 1. The molecule has 1 aliphatic rings. The van der Waals surface area contributed by atoms with E-state index in [0.717, 1.165) is 0 Å². The predicted octanol–water partition coefficient (Wildman–Crippen LogP) is 2.60. The number of carbonyl (C=O) groups is 2. The SMILES string of the molecule is CC1(C(=O)O)C=CC=C(C(=O)Nc2ccccc2)C1. The summed E-state index contributed by atoms with van der Waals surface area (Å²) in [5.74, 6) is -1.19. The van der Waals surface area contributed by atoms with Crippen LogP contribution in [0.3, 0.4) is 0 Å². The molecule has 98 valence electrons. The number of benzene rings is 1. The highest BCUT2D eigenvalue weighted by Gasteiger charge is 2.34. The van der Waals surface area contributed by atoms with Crippen LogP contribution in [0.1, 0.15) is 13.3 Å². The number of hydrogen-bond acceptors (Lipinski definition) is 2. The third kappa shape index (κ3) is 2.91. The van der Waals surface area contributed by atoms with Gasteiger partial charge < -0.3 is 10.4 Å². The van der Waals surface area contributed by atoms with Gasteiger partial charge in [-0.15, -0.1) is 0 Å². The fourth-order valence-corrected chi connectivity index (χ4v) is 1.93. The van der Waals surface area contributed by atoms with E-state index < -0.39 is 11.4 Å². The summed E-state index contributed by atoms with van der Waals surface area (Å²) >= 11 is 0. The van der Waals surface area contributed by atoms with E-state index in [1.54, 1.807) is 37.3 Å². The lowest BCUT2D eigenvalue weighted by atomic mass is 9.80. The monoisotopic (exact) mass is 257 g/mol. The van der Waals surface area contributed by atoms with E-state index in [0.29, 0.717) is 11.3 Å². The Morgan fingerprint density at radius 3 is 2.58 bits per heavy atom. The van der Waals surface area contributed by atoms with E-state index in [1.165, 1.54) is 0 Å². The fraction of sp³-hybridized carbons (Fsp3) is 0.200. The summed E-state index contributed by atoms with van der Waals surface area (Å²) in [5, 5.41) is 11.9. The van der Waals surface area contributed by atoms with Crippen LogP contribution in [-0.4, -0.2) is 17.0 Å². The van der Waals surface area contributed by atoms with Crippen molar-refractivity contribution >= 4 is 17.6 Å². The van der Waals surface area contributed by atoms with Gasteiger partial charge >= 0.3 is 5.97 Å². The number of carboxylic acid groups (broad SMARTS) is 1. The lowest BCUT2D eigenvalue weighted by Gasteiger charge is -2.24. The summed E-state index contributed by atoms with van der Waals surface area (Å²) in [4.78, 5) is 23.3. The Kier molecular flexibility index (Phi) is 3.51. The topological polar surface area (TPSA) is 66.4 Å². The second-order valence-corrected chi connectivity index (χ2v) is 4.77. The Hall–Kier alpha value is -2.36. The maximum atomic E-state index is 12.1. The molecule has 0 bridgehead atoms. The molecule has 2 N–H and O–H groups in total. The molecule has 0 fully saturated rings. The minimum Gasteiger partial charge on any atom is -0.481 e. The van der Waals surface area contributed by atoms with Gasteiger partial charge in [-0.25, -0.2) is 0 Å². The Morgan fingerprint density at radius 1 is 1.26 bits per heavy atom. The molecule has 19 heavy (non-hydrogen) atoms. The maximum Gasteiger partial charge on any atom is 0.313 e. The minimum absolute atomic E-state index is 0.192. The van der Waals surface area contributed by atoms with Crippen LogP contribution in [0.15, 0.2) is 54.1 Å². The molecule has 4 heteroatoms. The number of amides is 1. The number of rotatable bonds is 3. The summed E-state index contributed by atoms with van der Waals surface area (Å²) in [6.45, 7) is 1.61. The van der Waals surface area contributed by atoms with Gasteiger partial charge in [-0.05, 0) is 25.5 Å². The number of carbonyl (C=O) groups excluding carboxylic acids is 1. The summed E-state index contributed by atoms with van der Waals surface area (Å²) in [7, 11) is 0. The molecule has 2 rings (SSSR count). The lowest BCUT2D eigenvalue weighted by Crippen LogP contribution is -2.30. The zero-order valence-electron chi connectivity index (χ0n) is 10.6. The third-order valence-electron chi connectivity index (χ3n) is 3.13. The zero-order valence-corrected chi connectivity index (χ0v) is 10.6. The van der Waals surface area contributed by atoms with Crippen LogP contribution in [0.2, 0.25) is 0 Å². The van der Waals surface area contributed by atoms with Crippen molar-refractivity contribution in [3.8, 4) is 0 Å². The Labute approximate surface area is 111 Å². The van der Waals surface area contributed by atoms with Crippen LogP contribution in [0, 0.1) is 5.41 Å². The number of hydrogen-bond donors (Lipinski definition) is 2. The molecule has 1 aromatic rings. The Morgan fingerprint density at radius 2 is 1.95 bits per heavy atom. The zero-order chi connectivity index (χ0) is 13.9. The fourth-order valence-electron chi connectivity index (χ4n) is 1.93. The van der Waals surface area contributed by atoms with Crippen molar-refractivity contribution in [3.05, 3.63) is 54.1 Å². The van der Waals surface area contributed by atoms with Gasteiger partial charge in [-0.1, -0.05) is 36.4 Å². The largest absolute Gasteiger partial charge is 0.481 e. The van der Waals surface area contributed by atoms with Gasteiger partial charge in [0, 0.05) is 11.3 Å². The highest BCUT2D eigenvalue weighted by Crippen LogP contribution is 2.31. The van der Waals surface area contributed by atoms with Gasteiger partial charge in [0.25, 0.3) is 5.91 Å². The van der Waals surface area contributed by atoms with Crippen molar-refractivity contribution in [2.45, 2.75) is 13.3 Å². The number of nitrogens with one attached hydrogen (secondary N) is 1. The molecule has 0 saturated carbocycles. The molecule has 0 aromatic heterocycles. The van der Waals surface area contributed by atoms with Crippen LogP contribution >= 0.6 is 0 Å². The highest BCUT2D eigenvalue weighted by molar-refractivity contribution is 6.04. The summed E-state index contributed by atoms with van der Waals surface area (Å²) in [6, 6.07) is 9.08. The number of carboxylic acids is 1. The molecular formula is C15H15NO3. The number of allylic oxidation sites excluding steroid dienone is 2. The number of anilines is 1. The second-order valence-electron chi connectivity index (χ2n) is 4.77. The van der Waals surface area contributed by atoms with Crippen LogP contribution in [-0.2, 0) is 9.59 Å². The van der Waals surface area contributed by atoms with Crippen molar-refractivity contribution in [2.24, 2.45) is 5.41 Å². The van der Waals surface area contributed by atoms with Crippen molar-refractivity contribution in [2.75, 3.05) is 5.32 Å². The van der Waals surface area contributed by atoms with Crippen LogP contribution in [0.5, 0.6) is 0 Å². The number of para-hydroxylation sites is 1. The summed E-state index contributed by atoms with van der Waals surface area (Å²) in [5.41, 5.74) is 0.147.